The fraction of sp³-hybridized carbons (Fsp3) is 0.302. The summed E-state index contributed by atoms with van der Waals surface area (Å²) in [6.07, 6.45) is -5.39. The first-order chi connectivity index (χ1) is 25.0. The number of nitrogens with zero attached hydrogens (tertiary/aromatic N) is 2. The highest BCUT2D eigenvalue weighted by molar-refractivity contribution is 6.99. The highest BCUT2D eigenvalue weighted by atomic mass is 28.4. The van der Waals surface area contributed by atoms with Crippen molar-refractivity contribution in [1.29, 1.82) is 0 Å². The number of hydrogen-bond acceptors (Lipinski definition) is 5. The largest absolute Gasteiger partial charge is 0.444 e. The van der Waals surface area contributed by atoms with Crippen molar-refractivity contribution in [3.05, 3.63) is 150 Å². The topological polar surface area (TPSA) is 71.9 Å². The van der Waals surface area contributed by atoms with E-state index in [1.165, 1.54) is 11.0 Å². The summed E-state index contributed by atoms with van der Waals surface area (Å²) < 4.78 is 54.9. The lowest BCUT2D eigenvalue weighted by molar-refractivity contribution is -0.141. The van der Waals surface area contributed by atoms with Gasteiger partial charge in [0, 0.05) is 12.7 Å². The molecule has 1 N–H and O–H groups in total. The quantitative estimate of drug-likeness (QED) is 0.137. The lowest BCUT2D eigenvalue weighted by Gasteiger charge is -2.43. The molecule has 6 nitrogen and oxygen atoms in total. The second-order valence-electron chi connectivity index (χ2n) is 15.1. The number of carbonyl (C=O) groups excluding carboxylic acids is 1. The molecule has 0 fully saturated rings. The number of rotatable bonds is 11. The lowest BCUT2D eigenvalue weighted by Crippen LogP contribution is -2.66. The Morgan fingerprint density at radius 3 is 1.89 bits per heavy atom. The van der Waals surface area contributed by atoms with Gasteiger partial charge in [0.05, 0.1) is 19.3 Å². The monoisotopic (exact) mass is 740 g/mol. The zero-order valence-electron chi connectivity index (χ0n) is 31.0. The molecular formula is C43H47F3N2O4Si. The van der Waals surface area contributed by atoms with E-state index in [-0.39, 0.29) is 25.3 Å². The molecular weight excluding hydrogens is 694 g/mol. The van der Waals surface area contributed by atoms with Gasteiger partial charge in [0.1, 0.15) is 11.3 Å². The van der Waals surface area contributed by atoms with Crippen molar-refractivity contribution in [3.63, 3.8) is 0 Å². The van der Waals surface area contributed by atoms with E-state index in [1.54, 1.807) is 39.0 Å². The number of aromatic nitrogens is 1. The van der Waals surface area contributed by atoms with Crippen molar-refractivity contribution in [1.82, 2.24) is 9.88 Å². The first-order valence-corrected chi connectivity index (χ1v) is 19.5. The third-order valence-corrected chi connectivity index (χ3v) is 14.0. The first-order valence-electron chi connectivity index (χ1n) is 17.6. The van der Waals surface area contributed by atoms with Gasteiger partial charge in [-0.2, -0.15) is 13.2 Å². The van der Waals surface area contributed by atoms with E-state index in [9.17, 15) is 23.1 Å². The number of alkyl halides is 3. The van der Waals surface area contributed by atoms with Crippen LogP contribution in [0.5, 0.6) is 0 Å². The lowest BCUT2D eigenvalue weighted by atomic mass is 9.93. The maximum absolute atomic E-state index is 13.9. The first kappa shape index (κ1) is 39.4. The van der Waals surface area contributed by atoms with Gasteiger partial charge in [0.2, 0.25) is 0 Å². The predicted molar refractivity (Wildman–Crippen MR) is 205 cm³/mol. The van der Waals surface area contributed by atoms with Crippen LogP contribution in [0.15, 0.2) is 128 Å². The molecule has 0 saturated heterocycles. The van der Waals surface area contributed by atoms with Crippen LogP contribution in [-0.2, 0) is 28.5 Å². The minimum absolute atomic E-state index is 0.0371. The maximum atomic E-state index is 13.9. The van der Waals surface area contributed by atoms with E-state index in [2.05, 4.69) is 50.0 Å². The van der Waals surface area contributed by atoms with Gasteiger partial charge in [-0.1, -0.05) is 130 Å². The number of amides is 1. The van der Waals surface area contributed by atoms with E-state index in [0.29, 0.717) is 16.7 Å². The van der Waals surface area contributed by atoms with Crippen LogP contribution in [0.4, 0.5) is 18.0 Å². The molecule has 1 aromatic heterocycles. The molecule has 0 bridgehead atoms. The third kappa shape index (κ3) is 9.43. The molecule has 1 heterocycles. The zero-order chi connectivity index (χ0) is 38.4. The Balaban J connectivity index is 1.65. The Morgan fingerprint density at radius 1 is 0.792 bits per heavy atom. The number of pyridine rings is 1. The molecule has 53 heavy (non-hydrogen) atoms. The van der Waals surface area contributed by atoms with Crippen molar-refractivity contribution in [3.8, 4) is 11.1 Å². The van der Waals surface area contributed by atoms with Crippen LogP contribution in [0.3, 0.4) is 0 Å². The van der Waals surface area contributed by atoms with Crippen molar-refractivity contribution in [2.75, 3.05) is 6.54 Å². The SMILES string of the molecule is CC(C)(C)OC(=O)N(Cc1ccccc1)CC(O)c1cccc(-c2ccnc(C(F)(F)F)c2)c1CO[Si](c1ccccc1)(c1ccccc1)C(C)(C)C. The summed E-state index contributed by atoms with van der Waals surface area (Å²) in [7, 11) is -3.14. The predicted octanol–water partition coefficient (Wildman–Crippen LogP) is 9.31. The molecule has 0 spiro atoms. The van der Waals surface area contributed by atoms with Gasteiger partial charge in [0.15, 0.2) is 0 Å². The minimum Gasteiger partial charge on any atom is -0.444 e. The molecule has 0 aliphatic heterocycles. The van der Waals surface area contributed by atoms with Gasteiger partial charge >= 0.3 is 12.3 Å². The normalized spacial score (nSPS) is 13.0. The second-order valence-corrected chi connectivity index (χ2v) is 19.4. The standard InChI is InChI=1S/C43H47F3N2O4Si/c1-41(2,3)52-40(50)48(28-31-17-10-7-11-18-31)29-38(49)36-24-16-23-35(32-25-26-47-39(27-32)43(44,45)46)37(36)30-51-53(42(4,5)6,33-19-12-8-13-20-33)34-21-14-9-15-22-34/h7-27,38,49H,28-30H2,1-6H3. The minimum atomic E-state index is -4.66. The van der Waals surface area contributed by atoms with E-state index in [0.717, 1.165) is 28.2 Å². The number of aliphatic hydroxyl groups is 1. The smallest absolute Gasteiger partial charge is 0.433 e. The second kappa shape index (κ2) is 16.1. The van der Waals surface area contributed by atoms with Crippen molar-refractivity contribution >= 4 is 24.8 Å². The van der Waals surface area contributed by atoms with Crippen LogP contribution in [0.2, 0.25) is 5.04 Å². The molecule has 0 aliphatic carbocycles. The Hall–Kier alpha value is -4.77. The Kier molecular flexibility index (Phi) is 12.0. The average Bonchev–Trinajstić information content (AvgIpc) is 3.11. The van der Waals surface area contributed by atoms with Gasteiger partial charge in [0.25, 0.3) is 8.32 Å². The molecule has 1 atom stereocenters. The summed E-state index contributed by atoms with van der Waals surface area (Å²) in [6, 6.07) is 37.1. The highest BCUT2D eigenvalue weighted by Gasteiger charge is 2.50. The van der Waals surface area contributed by atoms with Crippen LogP contribution in [0.25, 0.3) is 11.1 Å². The van der Waals surface area contributed by atoms with Gasteiger partial charge in [-0.25, -0.2) is 4.79 Å². The summed E-state index contributed by atoms with van der Waals surface area (Å²) >= 11 is 0. The summed E-state index contributed by atoms with van der Waals surface area (Å²) in [4.78, 5) is 18.6. The average molecular weight is 741 g/mol. The zero-order valence-corrected chi connectivity index (χ0v) is 32.0. The summed E-state index contributed by atoms with van der Waals surface area (Å²) in [5, 5.41) is 13.7. The number of benzene rings is 4. The van der Waals surface area contributed by atoms with Crippen LogP contribution >= 0.6 is 0 Å². The maximum Gasteiger partial charge on any atom is 0.433 e. The fourth-order valence-electron chi connectivity index (χ4n) is 6.68. The summed E-state index contributed by atoms with van der Waals surface area (Å²) in [5.41, 5.74) is 0.687. The number of halogens is 3. The van der Waals surface area contributed by atoms with E-state index in [4.69, 9.17) is 9.16 Å². The van der Waals surface area contributed by atoms with Gasteiger partial charge in [-0.15, -0.1) is 0 Å². The molecule has 0 aliphatic rings. The number of ether oxygens (including phenoxy) is 1. The van der Waals surface area contributed by atoms with Crippen molar-refractivity contribution in [2.45, 2.75) is 77.6 Å². The molecule has 278 valence electrons. The van der Waals surface area contributed by atoms with E-state index in [1.807, 2.05) is 66.7 Å². The molecule has 0 saturated carbocycles. The molecule has 1 amide bonds. The molecule has 1 unspecified atom stereocenters. The van der Waals surface area contributed by atoms with Crippen LogP contribution in [0, 0.1) is 0 Å². The van der Waals surface area contributed by atoms with Crippen LogP contribution in [-0.4, -0.2) is 41.5 Å². The number of hydrogen-bond donors (Lipinski definition) is 1. The fourth-order valence-corrected chi connectivity index (χ4v) is 11.2. The highest BCUT2D eigenvalue weighted by Crippen LogP contribution is 2.40. The molecule has 5 aromatic rings. The van der Waals surface area contributed by atoms with Gasteiger partial charge < -0.3 is 19.2 Å². The van der Waals surface area contributed by atoms with E-state index >= 15 is 0 Å². The number of aliphatic hydroxyl groups excluding tert-OH is 1. The summed E-state index contributed by atoms with van der Waals surface area (Å²) in [6.45, 7) is 11.7. The Morgan fingerprint density at radius 2 is 1.36 bits per heavy atom. The van der Waals surface area contributed by atoms with Crippen LogP contribution in [0.1, 0.15) is 70.0 Å². The third-order valence-electron chi connectivity index (χ3n) is 9.04. The van der Waals surface area contributed by atoms with Gasteiger partial charge in [-0.3, -0.25) is 4.98 Å². The van der Waals surface area contributed by atoms with Crippen LogP contribution < -0.4 is 10.4 Å². The van der Waals surface area contributed by atoms with Crippen molar-refractivity contribution < 1.29 is 32.2 Å². The molecule has 0 radical (unpaired) electrons. The van der Waals surface area contributed by atoms with Crippen molar-refractivity contribution in [2.24, 2.45) is 0 Å². The van der Waals surface area contributed by atoms with Gasteiger partial charge in [-0.05, 0) is 76.1 Å². The summed E-state index contributed by atoms with van der Waals surface area (Å²) in [5.74, 6) is 0. The Labute approximate surface area is 311 Å². The van der Waals surface area contributed by atoms with E-state index < -0.39 is 43.0 Å². The Bertz CT molecular complexity index is 1920. The number of carbonyl (C=O) groups is 1. The molecule has 5 rings (SSSR count). The molecule has 10 heteroatoms. The molecule has 4 aromatic carbocycles.